The standard InChI is InChI=1S/C15H24N2O2/c1-4-5-14(17(2)3)15(19)16-13-8-6-12(7-9-13)10-11-18/h6-9,14,18H,4-5,10-11H2,1-3H3,(H,16,19). The summed E-state index contributed by atoms with van der Waals surface area (Å²) >= 11 is 0. The van der Waals surface area contributed by atoms with Crippen molar-refractivity contribution in [3.05, 3.63) is 29.8 Å². The second-order valence-corrected chi connectivity index (χ2v) is 4.93. The van der Waals surface area contributed by atoms with Gasteiger partial charge in [0.05, 0.1) is 6.04 Å². The van der Waals surface area contributed by atoms with Gasteiger partial charge in [-0.3, -0.25) is 9.69 Å². The molecule has 1 aromatic carbocycles. The predicted molar refractivity (Wildman–Crippen MR) is 78.2 cm³/mol. The molecule has 2 N–H and O–H groups in total. The fourth-order valence-corrected chi connectivity index (χ4v) is 2.01. The first-order valence-electron chi connectivity index (χ1n) is 6.75. The number of benzene rings is 1. The van der Waals surface area contributed by atoms with Crippen LogP contribution in [0.2, 0.25) is 0 Å². The molecule has 106 valence electrons. The fourth-order valence-electron chi connectivity index (χ4n) is 2.01. The number of anilines is 1. The van der Waals surface area contributed by atoms with Crippen LogP contribution in [0, 0.1) is 0 Å². The molecule has 0 fully saturated rings. The number of nitrogens with zero attached hydrogens (tertiary/aromatic N) is 1. The van der Waals surface area contributed by atoms with Crippen molar-refractivity contribution in [1.29, 1.82) is 0 Å². The molecule has 1 aromatic rings. The maximum absolute atomic E-state index is 12.2. The van der Waals surface area contributed by atoms with Crippen molar-refractivity contribution >= 4 is 11.6 Å². The van der Waals surface area contributed by atoms with E-state index in [0.29, 0.717) is 6.42 Å². The molecular formula is C15H24N2O2. The van der Waals surface area contributed by atoms with Gasteiger partial charge in [0.25, 0.3) is 0 Å². The van der Waals surface area contributed by atoms with Crippen molar-refractivity contribution in [2.24, 2.45) is 0 Å². The Hall–Kier alpha value is -1.39. The first-order chi connectivity index (χ1) is 9.08. The largest absolute Gasteiger partial charge is 0.396 e. The monoisotopic (exact) mass is 264 g/mol. The van der Waals surface area contributed by atoms with Crippen LogP contribution in [0.4, 0.5) is 5.69 Å². The van der Waals surface area contributed by atoms with Crippen LogP contribution >= 0.6 is 0 Å². The van der Waals surface area contributed by atoms with Crippen LogP contribution in [0.3, 0.4) is 0 Å². The first-order valence-corrected chi connectivity index (χ1v) is 6.75. The summed E-state index contributed by atoms with van der Waals surface area (Å²) in [6.07, 6.45) is 2.47. The molecule has 1 atom stereocenters. The highest BCUT2D eigenvalue weighted by atomic mass is 16.2. The minimum absolute atomic E-state index is 0.0294. The minimum atomic E-state index is -0.0953. The second kappa shape index (κ2) is 7.92. The third kappa shape index (κ3) is 5.01. The molecule has 4 heteroatoms. The van der Waals surface area contributed by atoms with Crippen molar-refractivity contribution in [1.82, 2.24) is 4.90 Å². The minimum Gasteiger partial charge on any atom is -0.396 e. The molecule has 0 heterocycles. The summed E-state index contributed by atoms with van der Waals surface area (Å²) in [7, 11) is 3.84. The van der Waals surface area contributed by atoms with Gasteiger partial charge >= 0.3 is 0 Å². The molecule has 19 heavy (non-hydrogen) atoms. The highest BCUT2D eigenvalue weighted by Crippen LogP contribution is 2.12. The Morgan fingerprint density at radius 1 is 1.32 bits per heavy atom. The second-order valence-electron chi connectivity index (χ2n) is 4.93. The van der Waals surface area contributed by atoms with Crippen molar-refractivity contribution in [3.63, 3.8) is 0 Å². The van der Waals surface area contributed by atoms with Crippen molar-refractivity contribution in [2.75, 3.05) is 26.0 Å². The molecule has 0 bridgehead atoms. The highest BCUT2D eigenvalue weighted by molar-refractivity contribution is 5.94. The zero-order valence-electron chi connectivity index (χ0n) is 12.0. The normalized spacial score (nSPS) is 12.5. The summed E-state index contributed by atoms with van der Waals surface area (Å²) in [4.78, 5) is 14.1. The Morgan fingerprint density at radius 3 is 2.42 bits per heavy atom. The zero-order valence-corrected chi connectivity index (χ0v) is 12.0. The average molecular weight is 264 g/mol. The third-order valence-electron chi connectivity index (χ3n) is 3.11. The Labute approximate surface area is 115 Å². The van der Waals surface area contributed by atoms with Gasteiger partial charge in [-0.25, -0.2) is 0 Å². The smallest absolute Gasteiger partial charge is 0.241 e. The van der Waals surface area contributed by atoms with Gasteiger partial charge in [-0.1, -0.05) is 25.5 Å². The molecular weight excluding hydrogens is 240 g/mol. The van der Waals surface area contributed by atoms with Gasteiger partial charge in [-0.15, -0.1) is 0 Å². The quantitative estimate of drug-likeness (QED) is 0.790. The van der Waals surface area contributed by atoms with E-state index in [1.807, 2.05) is 43.3 Å². The number of likely N-dealkylation sites (N-methyl/N-ethyl adjacent to an activating group) is 1. The van der Waals surface area contributed by atoms with E-state index in [1.54, 1.807) is 0 Å². The topological polar surface area (TPSA) is 52.6 Å². The number of carbonyl (C=O) groups excluding carboxylic acids is 1. The summed E-state index contributed by atoms with van der Waals surface area (Å²) in [5, 5.41) is 11.8. The Balaban J connectivity index is 2.64. The van der Waals surface area contributed by atoms with Crippen LogP contribution < -0.4 is 5.32 Å². The van der Waals surface area contributed by atoms with E-state index in [4.69, 9.17) is 5.11 Å². The number of aliphatic hydroxyl groups excluding tert-OH is 1. The lowest BCUT2D eigenvalue weighted by Crippen LogP contribution is -2.39. The molecule has 0 spiro atoms. The number of amides is 1. The van der Waals surface area contributed by atoms with Gasteiger partial charge < -0.3 is 10.4 Å². The van der Waals surface area contributed by atoms with E-state index in [1.165, 1.54) is 0 Å². The van der Waals surface area contributed by atoms with Crippen LogP contribution in [-0.2, 0) is 11.2 Å². The highest BCUT2D eigenvalue weighted by Gasteiger charge is 2.19. The van der Waals surface area contributed by atoms with Crippen LogP contribution in [0.25, 0.3) is 0 Å². The van der Waals surface area contributed by atoms with Crippen molar-refractivity contribution < 1.29 is 9.90 Å². The van der Waals surface area contributed by atoms with E-state index < -0.39 is 0 Å². The maximum atomic E-state index is 12.2. The van der Waals surface area contributed by atoms with Gasteiger partial charge in [0.2, 0.25) is 5.91 Å². The number of nitrogens with one attached hydrogen (secondary N) is 1. The van der Waals surface area contributed by atoms with E-state index in [0.717, 1.165) is 24.1 Å². The molecule has 0 aromatic heterocycles. The molecule has 0 saturated carbocycles. The van der Waals surface area contributed by atoms with Gasteiger partial charge in [-0.2, -0.15) is 0 Å². The number of rotatable bonds is 7. The molecule has 1 unspecified atom stereocenters. The van der Waals surface area contributed by atoms with Gasteiger partial charge in [0.15, 0.2) is 0 Å². The summed E-state index contributed by atoms with van der Waals surface area (Å²) < 4.78 is 0. The first kappa shape index (κ1) is 15.7. The van der Waals surface area contributed by atoms with Crippen LogP contribution in [0.5, 0.6) is 0 Å². The fraction of sp³-hybridized carbons (Fsp3) is 0.533. The van der Waals surface area contributed by atoms with Gasteiger partial charge in [-0.05, 0) is 44.6 Å². The lowest BCUT2D eigenvalue weighted by atomic mass is 10.1. The summed E-state index contributed by atoms with van der Waals surface area (Å²) in [5.74, 6) is 0.0294. The number of hydrogen-bond donors (Lipinski definition) is 2. The SMILES string of the molecule is CCCC(C(=O)Nc1ccc(CCO)cc1)N(C)C. The Kier molecular flexibility index (Phi) is 6.53. The van der Waals surface area contributed by atoms with E-state index in [9.17, 15) is 4.79 Å². The number of aliphatic hydroxyl groups is 1. The number of hydrogen-bond acceptors (Lipinski definition) is 3. The van der Waals surface area contributed by atoms with Gasteiger partial charge in [0, 0.05) is 12.3 Å². The van der Waals surface area contributed by atoms with Crippen molar-refractivity contribution in [3.8, 4) is 0 Å². The molecule has 0 radical (unpaired) electrons. The predicted octanol–water partition coefficient (Wildman–Crippen LogP) is 1.89. The Morgan fingerprint density at radius 2 is 1.95 bits per heavy atom. The van der Waals surface area contributed by atoms with E-state index in [-0.39, 0.29) is 18.6 Å². The van der Waals surface area contributed by atoms with Crippen LogP contribution in [0.1, 0.15) is 25.3 Å². The molecule has 4 nitrogen and oxygen atoms in total. The summed E-state index contributed by atoms with van der Waals surface area (Å²) in [5.41, 5.74) is 1.87. The van der Waals surface area contributed by atoms with E-state index in [2.05, 4.69) is 12.2 Å². The maximum Gasteiger partial charge on any atom is 0.241 e. The molecule has 0 saturated heterocycles. The molecule has 0 aliphatic carbocycles. The van der Waals surface area contributed by atoms with Crippen LogP contribution in [-0.4, -0.2) is 42.7 Å². The van der Waals surface area contributed by atoms with Gasteiger partial charge in [0.1, 0.15) is 0 Å². The third-order valence-corrected chi connectivity index (χ3v) is 3.11. The Bertz CT molecular complexity index is 388. The zero-order chi connectivity index (χ0) is 14.3. The lowest BCUT2D eigenvalue weighted by molar-refractivity contribution is -0.120. The average Bonchev–Trinajstić information content (AvgIpc) is 2.38. The summed E-state index contributed by atoms with van der Waals surface area (Å²) in [6.45, 7) is 2.22. The van der Waals surface area contributed by atoms with E-state index >= 15 is 0 Å². The summed E-state index contributed by atoms with van der Waals surface area (Å²) in [6, 6.07) is 7.51. The number of carbonyl (C=O) groups is 1. The van der Waals surface area contributed by atoms with Crippen molar-refractivity contribution in [2.45, 2.75) is 32.2 Å². The molecule has 0 aliphatic rings. The molecule has 1 rings (SSSR count). The molecule has 0 aliphatic heterocycles. The molecule has 1 amide bonds. The van der Waals surface area contributed by atoms with Crippen LogP contribution in [0.15, 0.2) is 24.3 Å². The lowest BCUT2D eigenvalue weighted by Gasteiger charge is -2.22.